The second kappa shape index (κ2) is 5.48. The van der Waals surface area contributed by atoms with Crippen molar-refractivity contribution in [3.63, 3.8) is 0 Å². The Balaban J connectivity index is 2.55. The number of amides is 2. The first kappa shape index (κ1) is 13.2. The van der Waals surface area contributed by atoms with E-state index in [0.717, 1.165) is 4.90 Å². The quantitative estimate of drug-likeness (QED) is 0.516. The van der Waals surface area contributed by atoms with E-state index in [1.807, 2.05) is 0 Å². The van der Waals surface area contributed by atoms with Gasteiger partial charge in [-0.15, -0.1) is 0 Å². The number of esters is 1. The van der Waals surface area contributed by atoms with Gasteiger partial charge in [0.15, 0.2) is 0 Å². The Morgan fingerprint density at radius 3 is 2.65 bits per heavy atom. The summed E-state index contributed by atoms with van der Waals surface area (Å²) in [6.07, 6.45) is -0.874. The van der Waals surface area contributed by atoms with E-state index in [-0.39, 0.29) is 19.5 Å². The monoisotopic (exact) mass is 246 g/mol. The average Bonchev–Trinajstić information content (AvgIpc) is 2.67. The highest BCUT2D eigenvalue weighted by Gasteiger charge is 2.38. The van der Waals surface area contributed by atoms with Crippen molar-refractivity contribution in [2.75, 3.05) is 20.2 Å². The predicted molar refractivity (Wildman–Crippen MR) is 54.2 cm³/mol. The third kappa shape index (κ3) is 3.31. The molecular formula is C9H14N2O6. The van der Waals surface area contributed by atoms with Gasteiger partial charge in [0.2, 0.25) is 0 Å². The SMILES string of the molecule is COC(=O)CNC(=O)N1CC(O)CC1C(=O)O. The van der Waals surface area contributed by atoms with Crippen LogP contribution in [0.4, 0.5) is 4.79 Å². The maximum atomic E-state index is 11.6. The third-order valence-corrected chi connectivity index (χ3v) is 2.44. The molecule has 0 aromatic rings. The van der Waals surface area contributed by atoms with Gasteiger partial charge in [0.1, 0.15) is 12.6 Å². The maximum Gasteiger partial charge on any atom is 0.326 e. The largest absolute Gasteiger partial charge is 0.480 e. The van der Waals surface area contributed by atoms with Gasteiger partial charge in [0, 0.05) is 13.0 Å². The number of β-amino-alcohol motifs (C(OH)–C–C–N with tert-alkyl or cyclic N) is 1. The van der Waals surface area contributed by atoms with Gasteiger partial charge in [-0.05, 0) is 0 Å². The lowest BCUT2D eigenvalue weighted by Gasteiger charge is -2.21. The minimum absolute atomic E-state index is 0.0129. The number of carbonyl (C=O) groups excluding carboxylic acids is 2. The van der Waals surface area contributed by atoms with E-state index in [9.17, 15) is 19.5 Å². The van der Waals surface area contributed by atoms with Crippen molar-refractivity contribution in [1.82, 2.24) is 10.2 Å². The Hall–Kier alpha value is -1.83. The molecule has 0 saturated carbocycles. The van der Waals surface area contributed by atoms with Crippen LogP contribution in [0, 0.1) is 0 Å². The van der Waals surface area contributed by atoms with Crippen molar-refractivity contribution >= 4 is 18.0 Å². The predicted octanol–water partition coefficient (Wildman–Crippen LogP) is -1.61. The normalized spacial score (nSPS) is 23.3. The summed E-state index contributed by atoms with van der Waals surface area (Å²) < 4.78 is 4.32. The number of aliphatic hydroxyl groups is 1. The van der Waals surface area contributed by atoms with Gasteiger partial charge in [-0.3, -0.25) is 4.79 Å². The van der Waals surface area contributed by atoms with Crippen molar-refractivity contribution in [2.45, 2.75) is 18.6 Å². The number of likely N-dealkylation sites (tertiary alicyclic amines) is 1. The van der Waals surface area contributed by atoms with E-state index >= 15 is 0 Å². The summed E-state index contributed by atoms with van der Waals surface area (Å²) in [5.41, 5.74) is 0. The molecule has 8 heteroatoms. The Bertz CT molecular complexity index is 331. The van der Waals surface area contributed by atoms with E-state index in [0.29, 0.717) is 0 Å². The molecule has 0 radical (unpaired) electrons. The van der Waals surface area contributed by atoms with Crippen LogP contribution in [0.1, 0.15) is 6.42 Å². The van der Waals surface area contributed by atoms with Crippen molar-refractivity contribution in [3.05, 3.63) is 0 Å². The fourth-order valence-electron chi connectivity index (χ4n) is 1.59. The summed E-state index contributed by atoms with van der Waals surface area (Å²) in [5, 5.41) is 20.4. The number of hydrogen-bond donors (Lipinski definition) is 3. The number of carboxylic acid groups (broad SMARTS) is 1. The number of ether oxygens (including phenoxy) is 1. The van der Waals surface area contributed by atoms with E-state index in [4.69, 9.17) is 5.11 Å². The molecular weight excluding hydrogens is 232 g/mol. The Kier molecular flexibility index (Phi) is 4.27. The lowest BCUT2D eigenvalue weighted by Crippen LogP contribution is -2.47. The first-order valence-electron chi connectivity index (χ1n) is 4.98. The lowest BCUT2D eigenvalue weighted by atomic mass is 10.2. The van der Waals surface area contributed by atoms with Crippen LogP contribution in [0.25, 0.3) is 0 Å². The fourth-order valence-corrected chi connectivity index (χ4v) is 1.59. The molecule has 0 aromatic heterocycles. The third-order valence-electron chi connectivity index (χ3n) is 2.44. The minimum atomic E-state index is -1.19. The zero-order valence-corrected chi connectivity index (χ0v) is 9.25. The van der Waals surface area contributed by atoms with Crippen LogP contribution in [0.5, 0.6) is 0 Å². The van der Waals surface area contributed by atoms with Crippen LogP contribution in [-0.2, 0) is 14.3 Å². The van der Waals surface area contributed by atoms with Crippen molar-refractivity contribution < 1.29 is 29.3 Å². The summed E-state index contributed by atoms with van der Waals surface area (Å²) in [5.74, 6) is -1.82. The molecule has 1 saturated heterocycles. The van der Waals surface area contributed by atoms with Crippen LogP contribution < -0.4 is 5.32 Å². The first-order chi connectivity index (χ1) is 7.95. The van der Waals surface area contributed by atoms with Crippen LogP contribution >= 0.6 is 0 Å². The highest BCUT2D eigenvalue weighted by Crippen LogP contribution is 2.17. The highest BCUT2D eigenvalue weighted by atomic mass is 16.5. The maximum absolute atomic E-state index is 11.6. The molecule has 3 N–H and O–H groups in total. The number of urea groups is 1. The van der Waals surface area contributed by atoms with Crippen molar-refractivity contribution in [3.8, 4) is 0 Å². The van der Waals surface area contributed by atoms with Crippen LogP contribution in [0.3, 0.4) is 0 Å². The van der Waals surface area contributed by atoms with Gasteiger partial charge in [0.25, 0.3) is 0 Å². The molecule has 0 aromatic carbocycles. The van der Waals surface area contributed by atoms with Gasteiger partial charge < -0.3 is 25.2 Å². The molecule has 8 nitrogen and oxygen atoms in total. The second-order valence-corrected chi connectivity index (χ2v) is 3.63. The molecule has 0 spiro atoms. The van der Waals surface area contributed by atoms with Crippen LogP contribution in [0.2, 0.25) is 0 Å². The summed E-state index contributed by atoms with van der Waals surface area (Å²) in [7, 11) is 1.17. The molecule has 1 rings (SSSR count). The van der Waals surface area contributed by atoms with Gasteiger partial charge in [-0.1, -0.05) is 0 Å². The summed E-state index contributed by atoms with van der Waals surface area (Å²) in [4.78, 5) is 34.2. The van der Waals surface area contributed by atoms with Crippen LogP contribution in [0.15, 0.2) is 0 Å². The van der Waals surface area contributed by atoms with Crippen molar-refractivity contribution in [1.29, 1.82) is 0 Å². The molecule has 2 atom stereocenters. The molecule has 1 heterocycles. The summed E-state index contributed by atoms with van der Waals surface area (Å²) in [6.45, 7) is -0.405. The zero-order chi connectivity index (χ0) is 13.0. The Morgan fingerprint density at radius 2 is 2.12 bits per heavy atom. The van der Waals surface area contributed by atoms with Gasteiger partial charge in [0.05, 0.1) is 13.2 Å². The van der Waals surface area contributed by atoms with E-state index < -0.39 is 30.1 Å². The number of aliphatic carboxylic acids is 1. The molecule has 1 aliphatic rings. The molecule has 0 aliphatic carbocycles. The highest BCUT2D eigenvalue weighted by molar-refractivity contribution is 5.85. The fraction of sp³-hybridized carbons (Fsp3) is 0.667. The van der Waals surface area contributed by atoms with Gasteiger partial charge in [-0.2, -0.15) is 0 Å². The number of rotatable bonds is 3. The molecule has 1 fully saturated rings. The molecule has 1 aliphatic heterocycles. The molecule has 0 bridgehead atoms. The van der Waals surface area contributed by atoms with E-state index in [1.165, 1.54) is 7.11 Å². The minimum Gasteiger partial charge on any atom is -0.480 e. The number of nitrogens with one attached hydrogen (secondary N) is 1. The first-order valence-corrected chi connectivity index (χ1v) is 4.98. The number of nitrogens with zero attached hydrogens (tertiary/aromatic N) is 1. The number of carboxylic acids is 1. The van der Waals surface area contributed by atoms with Gasteiger partial charge >= 0.3 is 18.0 Å². The number of carbonyl (C=O) groups is 3. The van der Waals surface area contributed by atoms with E-state index in [1.54, 1.807) is 0 Å². The lowest BCUT2D eigenvalue weighted by molar-refractivity contribution is -0.141. The zero-order valence-electron chi connectivity index (χ0n) is 9.25. The Morgan fingerprint density at radius 1 is 1.47 bits per heavy atom. The topological polar surface area (TPSA) is 116 Å². The second-order valence-electron chi connectivity index (χ2n) is 3.63. The van der Waals surface area contributed by atoms with Crippen LogP contribution in [-0.4, -0.2) is 65.4 Å². The standard InChI is InChI=1S/C9H14N2O6/c1-17-7(13)3-10-9(16)11-4-5(12)2-6(11)8(14)15/h5-6,12H,2-4H2,1H3,(H,10,16)(H,14,15). The molecule has 96 valence electrons. The number of aliphatic hydroxyl groups excluding tert-OH is 1. The van der Waals surface area contributed by atoms with Crippen molar-refractivity contribution in [2.24, 2.45) is 0 Å². The summed E-state index contributed by atoms with van der Waals surface area (Å²) >= 11 is 0. The Labute approximate surface area is 97.1 Å². The molecule has 2 amide bonds. The average molecular weight is 246 g/mol. The number of hydrogen-bond acceptors (Lipinski definition) is 5. The van der Waals surface area contributed by atoms with E-state index in [2.05, 4.69) is 10.1 Å². The number of methoxy groups -OCH3 is 1. The molecule has 2 unspecified atom stereocenters. The molecule has 17 heavy (non-hydrogen) atoms. The van der Waals surface area contributed by atoms with Gasteiger partial charge in [-0.25, -0.2) is 9.59 Å². The smallest absolute Gasteiger partial charge is 0.326 e. The summed E-state index contributed by atoms with van der Waals surface area (Å²) in [6, 6.07) is -1.78.